The second-order valence-electron chi connectivity index (χ2n) is 4.48. The van der Waals surface area contributed by atoms with E-state index in [1.54, 1.807) is 0 Å². The van der Waals surface area contributed by atoms with Crippen LogP contribution in [-0.2, 0) is 15.0 Å². The molecule has 0 radical (unpaired) electrons. The molecule has 0 spiro atoms. The number of anilines is 1. The molecule has 2 N–H and O–H groups in total. The van der Waals surface area contributed by atoms with Crippen molar-refractivity contribution in [1.82, 2.24) is 9.29 Å². The number of hydrogen-bond acceptors (Lipinski definition) is 4. The van der Waals surface area contributed by atoms with E-state index in [-0.39, 0.29) is 18.9 Å². The van der Waals surface area contributed by atoms with Crippen LogP contribution in [0.4, 0.5) is 5.82 Å². The van der Waals surface area contributed by atoms with Crippen molar-refractivity contribution in [1.29, 1.82) is 0 Å². The Morgan fingerprint density at radius 1 is 1.40 bits per heavy atom. The highest BCUT2D eigenvalue weighted by Crippen LogP contribution is 2.21. The highest BCUT2D eigenvalue weighted by atomic mass is 35.5. The Bertz CT molecular complexity index is 582. The zero-order valence-electron chi connectivity index (χ0n) is 10.5. The summed E-state index contributed by atoms with van der Waals surface area (Å²) in [6, 6.07) is 2.99. The summed E-state index contributed by atoms with van der Waals surface area (Å²) >= 11 is 5.67. The number of piperidine rings is 1. The fourth-order valence-electron chi connectivity index (χ4n) is 1.98. The van der Waals surface area contributed by atoms with Crippen molar-refractivity contribution < 1.29 is 18.3 Å². The van der Waals surface area contributed by atoms with Crippen LogP contribution in [0.5, 0.6) is 0 Å². The zero-order chi connectivity index (χ0) is 14.8. The molecule has 1 aliphatic rings. The van der Waals surface area contributed by atoms with E-state index in [9.17, 15) is 13.2 Å². The lowest BCUT2D eigenvalue weighted by Gasteiger charge is -2.29. The third-order valence-electron chi connectivity index (χ3n) is 3.10. The van der Waals surface area contributed by atoms with E-state index in [0.717, 1.165) is 0 Å². The Hall–Kier alpha value is -1.38. The molecule has 1 aromatic heterocycles. The molecular formula is C11H14ClN3O4S. The molecule has 0 atom stereocenters. The van der Waals surface area contributed by atoms with Gasteiger partial charge in [-0.15, -0.1) is 0 Å². The van der Waals surface area contributed by atoms with Crippen LogP contribution < -0.4 is 4.72 Å². The fourth-order valence-corrected chi connectivity index (χ4v) is 3.29. The Morgan fingerprint density at radius 3 is 2.55 bits per heavy atom. The molecule has 110 valence electrons. The standard InChI is InChI=1S/C11H14ClN3O4S/c12-9-1-2-10(13-7-9)14-20(18,19)15-5-3-8(4-6-15)11(16)17/h1-2,7-8H,3-6H2,(H,13,14)(H,16,17). The third kappa shape index (κ3) is 3.59. The minimum Gasteiger partial charge on any atom is -0.481 e. The van der Waals surface area contributed by atoms with Gasteiger partial charge >= 0.3 is 16.2 Å². The molecule has 0 aliphatic carbocycles. The highest BCUT2D eigenvalue weighted by molar-refractivity contribution is 7.90. The summed E-state index contributed by atoms with van der Waals surface area (Å²) in [5, 5.41) is 9.29. The number of nitrogens with one attached hydrogen (secondary N) is 1. The second kappa shape index (κ2) is 5.94. The zero-order valence-corrected chi connectivity index (χ0v) is 12.1. The van der Waals surface area contributed by atoms with Gasteiger partial charge in [-0.1, -0.05) is 11.6 Å². The summed E-state index contributed by atoms with van der Waals surface area (Å²) in [5.41, 5.74) is 0. The number of aromatic nitrogens is 1. The number of pyridine rings is 1. The number of carboxylic acids is 1. The topological polar surface area (TPSA) is 99.6 Å². The average Bonchev–Trinajstić information content (AvgIpc) is 2.41. The van der Waals surface area contributed by atoms with Crippen LogP contribution in [0, 0.1) is 5.92 Å². The van der Waals surface area contributed by atoms with Crippen LogP contribution in [0.15, 0.2) is 18.3 Å². The molecule has 0 bridgehead atoms. The maximum absolute atomic E-state index is 12.1. The summed E-state index contributed by atoms with van der Waals surface area (Å²) in [6.07, 6.45) is 1.96. The molecule has 0 saturated carbocycles. The summed E-state index contributed by atoms with van der Waals surface area (Å²) in [4.78, 5) is 14.7. The van der Waals surface area contributed by atoms with Crippen LogP contribution in [0.25, 0.3) is 0 Å². The fraction of sp³-hybridized carbons (Fsp3) is 0.455. The van der Waals surface area contributed by atoms with E-state index in [2.05, 4.69) is 9.71 Å². The Labute approximate surface area is 121 Å². The normalized spacial score (nSPS) is 17.9. The predicted octanol–water partition coefficient (Wildman–Crippen LogP) is 1.19. The monoisotopic (exact) mass is 319 g/mol. The minimum absolute atomic E-state index is 0.176. The molecule has 1 fully saturated rings. The number of aliphatic carboxylic acids is 1. The lowest BCUT2D eigenvalue weighted by atomic mass is 9.99. The maximum Gasteiger partial charge on any atom is 0.306 e. The van der Waals surface area contributed by atoms with E-state index in [4.69, 9.17) is 16.7 Å². The van der Waals surface area contributed by atoms with Crippen molar-refractivity contribution in [3.63, 3.8) is 0 Å². The van der Waals surface area contributed by atoms with Crippen molar-refractivity contribution in [2.45, 2.75) is 12.8 Å². The number of carbonyl (C=O) groups is 1. The summed E-state index contributed by atoms with van der Waals surface area (Å²) in [7, 11) is -3.71. The van der Waals surface area contributed by atoms with Gasteiger partial charge in [0.1, 0.15) is 5.82 Å². The van der Waals surface area contributed by atoms with Crippen LogP contribution in [-0.4, -0.2) is 41.9 Å². The van der Waals surface area contributed by atoms with Gasteiger partial charge in [0.15, 0.2) is 0 Å². The Kier molecular flexibility index (Phi) is 4.46. The maximum atomic E-state index is 12.1. The summed E-state index contributed by atoms with van der Waals surface area (Å²) in [6.45, 7) is 0.361. The molecular weight excluding hydrogens is 306 g/mol. The first-order chi connectivity index (χ1) is 9.38. The number of carboxylic acid groups (broad SMARTS) is 1. The van der Waals surface area contributed by atoms with E-state index in [0.29, 0.717) is 17.9 Å². The van der Waals surface area contributed by atoms with E-state index < -0.39 is 22.1 Å². The summed E-state index contributed by atoms with van der Waals surface area (Å²) < 4.78 is 27.8. The van der Waals surface area contributed by atoms with Gasteiger partial charge in [-0.25, -0.2) is 4.98 Å². The average molecular weight is 320 g/mol. The lowest BCUT2D eigenvalue weighted by Crippen LogP contribution is -2.43. The van der Waals surface area contributed by atoms with Gasteiger partial charge in [-0.3, -0.25) is 9.52 Å². The molecule has 9 heteroatoms. The smallest absolute Gasteiger partial charge is 0.306 e. The van der Waals surface area contributed by atoms with Gasteiger partial charge in [-0.2, -0.15) is 12.7 Å². The molecule has 0 aromatic carbocycles. The van der Waals surface area contributed by atoms with Crippen molar-refractivity contribution in [3.8, 4) is 0 Å². The van der Waals surface area contributed by atoms with Crippen LogP contribution in [0.3, 0.4) is 0 Å². The summed E-state index contributed by atoms with van der Waals surface area (Å²) in [5.74, 6) is -1.18. The molecule has 1 saturated heterocycles. The highest BCUT2D eigenvalue weighted by Gasteiger charge is 2.31. The SMILES string of the molecule is O=C(O)C1CCN(S(=O)(=O)Nc2ccc(Cl)cn2)CC1. The van der Waals surface area contributed by atoms with Gasteiger partial charge in [0.05, 0.1) is 10.9 Å². The van der Waals surface area contributed by atoms with E-state index in [1.165, 1.54) is 22.6 Å². The van der Waals surface area contributed by atoms with Gasteiger partial charge in [-0.05, 0) is 25.0 Å². The minimum atomic E-state index is -3.71. The van der Waals surface area contributed by atoms with Gasteiger partial charge in [0, 0.05) is 19.3 Å². The molecule has 0 unspecified atom stereocenters. The Balaban J connectivity index is 2.01. The van der Waals surface area contributed by atoms with Crippen molar-refractivity contribution in [2.75, 3.05) is 17.8 Å². The van der Waals surface area contributed by atoms with Gasteiger partial charge in [0.25, 0.3) is 0 Å². The first-order valence-corrected chi connectivity index (χ1v) is 7.82. The first kappa shape index (κ1) is 15.0. The number of hydrogen-bond donors (Lipinski definition) is 2. The van der Waals surface area contributed by atoms with Crippen molar-refractivity contribution in [2.24, 2.45) is 5.92 Å². The largest absolute Gasteiger partial charge is 0.481 e. The molecule has 0 amide bonds. The molecule has 7 nitrogen and oxygen atoms in total. The quantitative estimate of drug-likeness (QED) is 0.868. The molecule has 20 heavy (non-hydrogen) atoms. The molecule has 1 aliphatic heterocycles. The van der Waals surface area contributed by atoms with Crippen LogP contribution in [0.1, 0.15) is 12.8 Å². The van der Waals surface area contributed by atoms with E-state index in [1.807, 2.05) is 0 Å². The number of rotatable bonds is 4. The van der Waals surface area contributed by atoms with Crippen LogP contribution in [0.2, 0.25) is 5.02 Å². The van der Waals surface area contributed by atoms with Crippen molar-refractivity contribution in [3.05, 3.63) is 23.4 Å². The Morgan fingerprint density at radius 2 is 2.05 bits per heavy atom. The van der Waals surface area contributed by atoms with Crippen molar-refractivity contribution >= 4 is 33.6 Å². The molecule has 2 heterocycles. The first-order valence-electron chi connectivity index (χ1n) is 6.01. The van der Waals surface area contributed by atoms with Gasteiger partial charge < -0.3 is 5.11 Å². The van der Waals surface area contributed by atoms with Gasteiger partial charge in [0.2, 0.25) is 0 Å². The third-order valence-corrected chi connectivity index (χ3v) is 4.84. The molecule has 1 aromatic rings. The second-order valence-corrected chi connectivity index (χ2v) is 6.59. The molecule has 2 rings (SSSR count). The lowest BCUT2D eigenvalue weighted by molar-refractivity contribution is -0.142. The predicted molar refractivity (Wildman–Crippen MR) is 73.7 cm³/mol. The number of halogens is 1. The van der Waals surface area contributed by atoms with E-state index >= 15 is 0 Å². The number of nitrogens with zero attached hydrogens (tertiary/aromatic N) is 2. The van der Waals surface area contributed by atoms with Crippen LogP contribution >= 0.6 is 11.6 Å².